The van der Waals surface area contributed by atoms with Gasteiger partial charge in [0.15, 0.2) is 0 Å². The highest BCUT2D eigenvalue weighted by Crippen LogP contribution is 2.11. The Labute approximate surface area is 101 Å². The van der Waals surface area contributed by atoms with E-state index in [1.807, 2.05) is 0 Å². The van der Waals surface area contributed by atoms with E-state index in [4.69, 9.17) is 14.6 Å². The minimum absolute atomic E-state index is 0.258. The van der Waals surface area contributed by atoms with E-state index in [-0.39, 0.29) is 5.56 Å². The van der Waals surface area contributed by atoms with Gasteiger partial charge in [-0.2, -0.15) is 0 Å². The van der Waals surface area contributed by atoms with E-state index in [1.165, 1.54) is 12.1 Å². The summed E-state index contributed by atoms with van der Waals surface area (Å²) in [6.07, 6.45) is 0. The SMILES string of the molecule is CC(C)COCCOc1ccc(C(=O)O)cc1. The highest BCUT2D eigenvalue weighted by molar-refractivity contribution is 5.87. The number of ether oxygens (including phenoxy) is 2. The van der Waals surface area contributed by atoms with Crippen LogP contribution in [0.2, 0.25) is 0 Å². The van der Waals surface area contributed by atoms with Crippen LogP contribution in [0.1, 0.15) is 24.2 Å². The van der Waals surface area contributed by atoms with E-state index in [0.717, 1.165) is 6.61 Å². The zero-order valence-electron chi connectivity index (χ0n) is 10.2. The fraction of sp³-hybridized carbons (Fsp3) is 0.462. The molecule has 0 aliphatic heterocycles. The Morgan fingerprint density at radius 1 is 1.24 bits per heavy atom. The first-order valence-corrected chi connectivity index (χ1v) is 5.63. The van der Waals surface area contributed by atoms with Crippen LogP contribution in [0.5, 0.6) is 5.75 Å². The quantitative estimate of drug-likeness (QED) is 0.741. The second kappa shape index (κ2) is 6.91. The zero-order chi connectivity index (χ0) is 12.7. The lowest BCUT2D eigenvalue weighted by Gasteiger charge is -2.08. The van der Waals surface area contributed by atoms with E-state index in [0.29, 0.717) is 24.9 Å². The predicted octanol–water partition coefficient (Wildman–Crippen LogP) is 2.44. The zero-order valence-corrected chi connectivity index (χ0v) is 10.2. The molecule has 0 radical (unpaired) electrons. The molecule has 0 aliphatic rings. The molecule has 94 valence electrons. The number of carbonyl (C=O) groups is 1. The standard InChI is InChI=1S/C13H18O4/c1-10(2)9-16-7-8-17-12-5-3-11(4-6-12)13(14)15/h3-6,10H,7-9H2,1-2H3,(H,14,15). The Balaban J connectivity index is 2.25. The first-order valence-electron chi connectivity index (χ1n) is 5.63. The van der Waals surface area contributed by atoms with Crippen molar-refractivity contribution in [2.75, 3.05) is 19.8 Å². The Hall–Kier alpha value is -1.55. The molecule has 1 aromatic rings. The molecule has 0 bridgehead atoms. The summed E-state index contributed by atoms with van der Waals surface area (Å²) in [4.78, 5) is 10.6. The molecule has 4 nitrogen and oxygen atoms in total. The molecule has 0 unspecified atom stereocenters. The number of rotatable bonds is 7. The molecule has 4 heteroatoms. The van der Waals surface area contributed by atoms with Crippen LogP contribution in [0.25, 0.3) is 0 Å². The lowest BCUT2D eigenvalue weighted by atomic mass is 10.2. The number of hydrogen-bond donors (Lipinski definition) is 1. The van der Waals surface area contributed by atoms with Crippen molar-refractivity contribution in [2.24, 2.45) is 5.92 Å². The van der Waals surface area contributed by atoms with Gasteiger partial charge in [0.25, 0.3) is 0 Å². The predicted molar refractivity (Wildman–Crippen MR) is 64.6 cm³/mol. The largest absolute Gasteiger partial charge is 0.491 e. The monoisotopic (exact) mass is 238 g/mol. The van der Waals surface area contributed by atoms with E-state index in [9.17, 15) is 4.79 Å². The summed E-state index contributed by atoms with van der Waals surface area (Å²) in [6.45, 7) is 5.91. The molecule has 0 amide bonds. The lowest BCUT2D eigenvalue weighted by molar-refractivity contribution is 0.0696. The molecule has 0 fully saturated rings. The smallest absolute Gasteiger partial charge is 0.335 e. The molecular weight excluding hydrogens is 220 g/mol. The van der Waals surface area contributed by atoms with Crippen molar-refractivity contribution >= 4 is 5.97 Å². The number of hydrogen-bond acceptors (Lipinski definition) is 3. The van der Waals surface area contributed by atoms with Crippen molar-refractivity contribution in [1.29, 1.82) is 0 Å². The lowest BCUT2D eigenvalue weighted by Crippen LogP contribution is -2.10. The minimum atomic E-state index is -0.934. The van der Waals surface area contributed by atoms with Crippen molar-refractivity contribution < 1.29 is 19.4 Å². The maximum absolute atomic E-state index is 10.6. The summed E-state index contributed by atoms with van der Waals surface area (Å²) in [6, 6.07) is 6.33. The van der Waals surface area contributed by atoms with Gasteiger partial charge >= 0.3 is 5.97 Å². The topological polar surface area (TPSA) is 55.8 Å². The van der Waals surface area contributed by atoms with Crippen LogP contribution in [0.4, 0.5) is 0 Å². The van der Waals surface area contributed by atoms with Crippen LogP contribution in [0.3, 0.4) is 0 Å². The van der Waals surface area contributed by atoms with Crippen LogP contribution < -0.4 is 4.74 Å². The van der Waals surface area contributed by atoms with Crippen LogP contribution in [-0.2, 0) is 4.74 Å². The second-order valence-electron chi connectivity index (χ2n) is 4.15. The molecule has 0 heterocycles. The van der Waals surface area contributed by atoms with Crippen molar-refractivity contribution in [3.8, 4) is 5.75 Å². The number of carboxylic acid groups (broad SMARTS) is 1. The van der Waals surface area contributed by atoms with Crippen molar-refractivity contribution in [3.63, 3.8) is 0 Å². The second-order valence-corrected chi connectivity index (χ2v) is 4.15. The number of aromatic carboxylic acids is 1. The number of carboxylic acids is 1. The van der Waals surface area contributed by atoms with Crippen molar-refractivity contribution in [2.45, 2.75) is 13.8 Å². The van der Waals surface area contributed by atoms with Gasteiger partial charge in [-0.15, -0.1) is 0 Å². The molecule has 0 aromatic heterocycles. The van der Waals surface area contributed by atoms with Gasteiger partial charge in [0.05, 0.1) is 12.2 Å². The highest BCUT2D eigenvalue weighted by Gasteiger charge is 2.02. The van der Waals surface area contributed by atoms with E-state index in [2.05, 4.69) is 13.8 Å². The molecule has 0 saturated carbocycles. The summed E-state index contributed by atoms with van der Waals surface area (Å²) in [7, 11) is 0. The van der Waals surface area contributed by atoms with Gasteiger partial charge in [0.2, 0.25) is 0 Å². The van der Waals surface area contributed by atoms with Crippen LogP contribution in [0.15, 0.2) is 24.3 Å². The van der Waals surface area contributed by atoms with Crippen molar-refractivity contribution in [1.82, 2.24) is 0 Å². The van der Waals surface area contributed by atoms with E-state index in [1.54, 1.807) is 12.1 Å². The summed E-state index contributed by atoms with van der Waals surface area (Å²) < 4.78 is 10.8. The molecule has 1 N–H and O–H groups in total. The van der Waals surface area contributed by atoms with Gasteiger partial charge in [-0.05, 0) is 30.2 Å². The van der Waals surface area contributed by atoms with Gasteiger partial charge in [-0.25, -0.2) is 4.79 Å². The average Bonchev–Trinajstić information content (AvgIpc) is 2.29. The van der Waals surface area contributed by atoms with Crippen LogP contribution >= 0.6 is 0 Å². The maximum atomic E-state index is 10.6. The van der Waals surface area contributed by atoms with E-state index >= 15 is 0 Å². The van der Waals surface area contributed by atoms with Gasteiger partial charge in [0.1, 0.15) is 12.4 Å². The van der Waals surface area contributed by atoms with Gasteiger partial charge < -0.3 is 14.6 Å². The third-order valence-corrected chi connectivity index (χ3v) is 2.05. The first-order chi connectivity index (χ1) is 8.09. The average molecular weight is 238 g/mol. The molecule has 0 saturated heterocycles. The normalized spacial score (nSPS) is 10.5. The van der Waals surface area contributed by atoms with E-state index < -0.39 is 5.97 Å². The van der Waals surface area contributed by atoms with Crippen molar-refractivity contribution in [3.05, 3.63) is 29.8 Å². The molecule has 0 atom stereocenters. The Morgan fingerprint density at radius 2 is 1.88 bits per heavy atom. The Bertz CT molecular complexity index is 343. The summed E-state index contributed by atoms with van der Waals surface area (Å²) in [5, 5.41) is 8.71. The molecule has 17 heavy (non-hydrogen) atoms. The third kappa shape index (κ3) is 5.36. The molecule has 1 rings (SSSR count). The van der Waals surface area contributed by atoms with Gasteiger partial charge in [-0.3, -0.25) is 0 Å². The summed E-state index contributed by atoms with van der Waals surface area (Å²) >= 11 is 0. The fourth-order valence-corrected chi connectivity index (χ4v) is 1.23. The summed E-state index contributed by atoms with van der Waals surface area (Å²) in [5.41, 5.74) is 0.258. The van der Waals surface area contributed by atoms with Crippen LogP contribution in [0, 0.1) is 5.92 Å². The first kappa shape index (κ1) is 13.5. The maximum Gasteiger partial charge on any atom is 0.335 e. The Morgan fingerprint density at radius 3 is 2.41 bits per heavy atom. The van der Waals surface area contributed by atoms with Gasteiger partial charge in [-0.1, -0.05) is 13.8 Å². The molecule has 0 spiro atoms. The third-order valence-electron chi connectivity index (χ3n) is 2.05. The highest BCUT2D eigenvalue weighted by atomic mass is 16.5. The Kier molecular flexibility index (Phi) is 5.49. The van der Waals surface area contributed by atoms with Gasteiger partial charge in [0, 0.05) is 6.61 Å². The minimum Gasteiger partial charge on any atom is -0.491 e. The summed E-state index contributed by atoms with van der Waals surface area (Å²) in [5.74, 6) is 0.241. The van der Waals surface area contributed by atoms with Crippen LogP contribution in [-0.4, -0.2) is 30.9 Å². The molecular formula is C13H18O4. The molecule has 1 aromatic carbocycles. The molecule has 0 aliphatic carbocycles. The number of benzene rings is 1. The fourth-order valence-electron chi connectivity index (χ4n) is 1.23.